The Balaban J connectivity index is 1.32. The van der Waals surface area contributed by atoms with E-state index in [0.717, 1.165) is 13.0 Å². The Kier molecular flexibility index (Phi) is 6.26. The molecule has 6 atom stereocenters. The molecule has 1 aromatic heterocycles. The van der Waals surface area contributed by atoms with E-state index >= 15 is 0 Å². The van der Waals surface area contributed by atoms with E-state index < -0.39 is 0 Å². The third kappa shape index (κ3) is 4.13. The highest BCUT2D eigenvalue weighted by atomic mass is 32.2. The molecule has 2 saturated heterocycles. The number of carbonyl (C=O) groups is 3. The summed E-state index contributed by atoms with van der Waals surface area (Å²) in [6.07, 6.45) is 2.73. The van der Waals surface area contributed by atoms with Gasteiger partial charge in [0.25, 0.3) is 0 Å². The molecule has 4 rings (SSSR count). The molecule has 11 nitrogen and oxygen atoms in total. The number of hydrogen-bond donors (Lipinski definition) is 2. The Bertz CT molecular complexity index is 947. The van der Waals surface area contributed by atoms with Crippen LogP contribution in [0.1, 0.15) is 26.1 Å². The number of β-lactam (4-membered cyclic amide) rings is 1. The summed E-state index contributed by atoms with van der Waals surface area (Å²) in [6.45, 7) is 6.53. The average Bonchev–Trinajstić information content (AvgIpc) is 3.42. The van der Waals surface area contributed by atoms with E-state index in [9.17, 15) is 14.4 Å². The molecule has 0 unspecified atom stereocenters. The van der Waals surface area contributed by atoms with Crippen molar-refractivity contribution in [3.63, 3.8) is 0 Å². The maximum absolute atomic E-state index is 12.8. The van der Waals surface area contributed by atoms with Crippen LogP contribution < -0.4 is 10.6 Å². The van der Waals surface area contributed by atoms with Crippen molar-refractivity contribution < 1.29 is 14.4 Å². The van der Waals surface area contributed by atoms with E-state index in [-0.39, 0.29) is 54.2 Å². The summed E-state index contributed by atoms with van der Waals surface area (Å²) in [5.74, 6) is 0.400. The van der Waals surface area contributed by atoms with Gasteiger partial charge in [-0.3, -0.25) is 14.4 Å². The van der Waals surface area contributed by atoms with E-state index in [1.165, 1.54) is 9.59 Å². The van der Waals surface area contributed by atoms with Crippen molar-refractivity contribution in [1.82, 2.24) is 40.6 Å². The molecule has 0 aliphatic carbocycles. The Morgan fingerprint density at radius 2 is 2.16 bits per heavy atom. The molecule has 174 valence electrons. The van der Waals surface area contributed by atoms with Crippen LogP contribution in [0.25, 0.3) is 0 Å². The van der Waals surface area contributed by atoms with Crippen LogP contribution in [-0.2, 0) is 20.9 Å². The second kappa shape index (κ2) is 8.81. The largest absolute Gasteiger partial charge is 0.351 e. The van der Waals surface area contributed by atoms with Crippen LogP contribution in [0.2, 0.25) is 0 Å². The molecule has 3 aliphatic heterocycles. The molecule has 12 heteroatoms. The van der Waals surface area contributed by atoms with Gasteiger partial charge in [-0.15, -0.1) is 16.9 Å². The lowest BCUT2D eigenvalue weighted by atomic mass is 9.78. The second-order valence-electron chi connectivity index (χ2n) is 8.99. The fraction of sp³-hybridized carbons (Fsp3) is 0.700. The minimum absolute atomic E-state index is 0.0227. The van der Waals surface area contributed by atoms with Crippen LogP contribution in [0, 0.1) is 18.8 Å². The summed E-state index contributed by atoms with van der Waals surface area (Å²) in [5.41, 5.74) is 0. The lowest BCUT2D eigenvalue weighted by Crippen LogP contribution is -2.64. The number of tetrazole rings is 1. The van der Waals surface area contributed by atoms with Crippen LogP contribution in [0.4, 0.5) is 0 Å². The van der Waals surface area contributed by atoms with Gasteiger partial charge in [0.05, 0.1) is 18.0 Å². The van der Waals surface area contributed by atoms with Gasteiger partial charge >= 0.3 is 0 Å². The number of hydrogen-bond acceptors (Lipinski definition) is 8. The van der Waals surface area contributed by atoms with Gasteiger partial charge < -0.3 is 20.4 Å². The van der Waals surface area contributed by atoms with E-state index in [1.807, 2.05) is 13.1 Å². The highest BCUT2D eigenvalue weighted by Crippen LogP contribution is 2.48. The van der Waals surface area contributed by atoms with Crippen LogP contribution in [-0.4, -0.2) is 91.7 Å². The molecule has 3 aliphatic rings. The highest BCUT2D eigenvalue weighted by molar-refractivity contribution is 8.03. The van der Waals surface area contributed by atoms with Gasteiger partial charge in [0.1, 0.15) is 12.4 Å². The van der Waals surface area contributed by atoms with Crippen LogP contribution in [0.3, 0.4) is 0 Å². The lowest BCUT2D eigenvalue weighted by Gasteiger charge is -2.46. The van der Waals surface area contributed by atoms with Crippen LogP contribution in [0.5, 0.6) is 0 Å². The van der Waals surface area contributed by atoms with Gasteiger partial charge in [-0.2, -0.15) is 0 Å². The minimum atomic E-state index is -0.288. The summed E-state index contributed by atoms with van der Waals surface area (Å²) in [5, 5.41) is 17.7. The summed E-state index contributed by atoms with van der Waals surface area (Å²) in [6, 6.07) is -0.391. The lowest BCUT2D eigenvalue weighted by molar-refractivity contribution is -0.153. The molecular formula is C20H30N8O3S. The van der Waals surface area contributed by atoms with Crippen molar-refractivity contribution in [2.24, 2.45) is 11.8 Å². The smallest absolute Gasteiger partial charge is 0.242 e. The molecule has 4 heterocycles. The summed E-state index contributed by atoms with van der Waals surface area (Å²) < 4.78 is 1.43. The fourth-order valence-corrected chi connectivity index (χ4v) is 6.12. The normalized spacial score (nSPS) is 29.9. The molecule has 0 bridgehead atoms. The van der Waals surface area contributed by atoms with Gasteiger partial charge in [-0.05, 0) is 30.7 Å². The van der Waals surface area contributed by atoms with Crippen molar-refractivity contribution in [1.29, 1.82) is 0 Å². The predicted molar refractivity (Wildman–Crippen MR) is 118 cm³/mol. The first kappa shape index (κ1) is 22.7. The average molecular weight is 463 g/mol. The topological polar surface area (TPSA) is 125 Å². The first-order valence-electron chi connectivity index (χ1n) is 10.8. The van der Waals surface area contributed by atoms with Crippen LogP contribution in [0.15, 0.2) is 11.1 Å². The second-order valence-corrected chi connectivity index (χ2v) is 10.4. The Morgan fingerprint density at radius 1 is 1.41 bits per heavy atom. The number of carbonyl (C=O) groups excluding carboxylic acids is 3. The Labute approximate surface area is 191 Å². The number of aromatic nitrogens is 4. The van der Waals surface area contributed by atoms with E-state index in [4.69, 9.17) is 0 Å². The standard InChI is InChI=1S/C20H30N8O3S/c1-10-15(32-13-6-14(21-7-13)19(30)26(4)5)8-27-18(10)17(20(27)31)11(2)22-16(29)9-28-12(3)23-24-25-28/h8,10-11,13-14,17-18,21H,6-7,9H2,1-5H3,(H,22,29)/t10-,11+,13-,14-,17+,18+/m0/s1. The zero-order chi connectivity index (χ0) is 23.2. The molecule has 1 aromatic rings. The Hall–Kier alpha value is -2.47. The first-order chi connectivity index (χ1) is 15.2. The molecule has 0 aromatic carbocycles. The van der Waals surface area contributed by atoms with Gasteiger partial charge in [-0.1, -0.05) is 6.92 Å². The van der Waals surface area contributed by atoms with Gasteiger partial charge in [-0.25, -0.2) is 4.68 Å². The summed E-state index contributed by atoms with van der Waals surface area (Å²) in [4.78, 5) is 42.0. The number of aryl methyl sites for hydroxylation is 1. The molecule has 0 spiro atoms. The van der Waals surface area contributed by atoms with Crippen molar-refractivity contribution in [2.45, 2.75) is 57.1 Å². The predicted octanol–water partition coefficient (Wildman–Crippen LogP) is -0.644. The van der Waals surface area contributed by atoms with E-state index in [0.29, 0.717) is 11.1 Å². The number of fused-ring (bicyclic) bond motifs is 1. The summed E-state index contributed by atoms with van der Waals surface area (Å²) in [7, 11) is 3.54. The van der Waals surface area contributed by atoms with Crippen molar-refractivity contribution >= 4 is 29.5 Å². The van der Waals surface area contributed by atoms with Crippen molar-refractivity contribution in [3.8, 4) is 0 Å². The third-order valence-corrected chi connectivity index (χ3v) is 7.96. The molecule has 0 saturated carbocycles. The van der Waals surface area contributed by atoms with Crippen LogP contribution >= 0.6 is 11.8 Å². The third-order valence-electron chi connectivity index (χ3n) is 6.52. The van der Waals surface area contributed by atoms with Gasteiger partial charge in [0.2, 0.25) is 17.7 Å². The molecule has 0 radical (unpaired) electrons. The summed E-state index contributed by atoms with van der Waals surface area (Å²) >= 11 is 1.76. The first-order valence-corrected chi connectivity index (χ1v) is 11.7. The van der Waals surface area contributed by atoms with Gasteiger partial charge in [0, 0.05) is 49.0 Å². The van der Waals surface area contributed by atoms with Gasteiger partial charge in [0.15, 0.2) is 0 Å². The Morgan fingerprint density at radius 3 is 2.81 bits per heavy atom. The molecule has 32 heavy (non-hydrogen) atoms. The zero-order valence-electron chi connectivity index (χ0n) is 19.0. The number of likely N-dealkylation sites (N-methyl/N-ethyl adjacent to an activating group) is 1. The zero-order valence-corrected chi connectivity index (χ0v) is 19.8. The number of nitrogens with zero attached hydrogens (tertiary/aromatic N) is 6. The fourth-order valence-electron chi connectivity index (χ4n) is 4.73. The molecule has 2 fully saturated rings. The number of amides is 3. The van der Waals surface area contributed by atoms with Crippen molar-refractivity contribution in [2.75, 3.05) is 20.6 Å². The molecule has 2 N–H and O–H groups in total. The monoisotopic (exact) mass is 462 g/mol. The molecular weight excluding hydrogens is 432 g/mol. The minimum Gasteiger partial charge on any atom is -0.351 e. The molecule has 3 amide bonds. The van der Waals surface area contributed by atoms with E-state index in [2.05, 4.69) is 33.1 Å². The quantitative estimate of drug-likeness (QED) is 0.513. The van der Waals surface area contributed by atoms with Crippen molar-refractivity contribution in [3.05, 3.63) is 16.9 Å². The van der Waals surface area contributed by atoms with E-state index in [1.54, 1.807) is 42.6 Å². The maximum Gasteiger partial charge on any atom is 0.242 e. The maximum atomic E-state index is 12.8. The number of thioether (sulfide) groups is 1. The SMILES string of the molecule is Cc1nnnn1CC(=O)N[C@H](C)[C@H]1C(=O)N2C=C(S[C@@H]3CN[C@H](C(=O)N(C)C)C3)[C@H](C)[C@H]12. The number of rotatable bonds is 7. The number of nitrogens with one attached hydrogen (secondary N) is 2. The highest BCUT2D eigenvalue weighted by Gasteiger charge is 2.55.